The van der Waals surface area contributed by atoms with Crippen molar-refractivity contribution in [3.8, 4) is 0 Å². The maximum atomic E-state index is 13.5. The van der Waals surface area contributed by atoms with Crippen LogP contribution in [0.1, 0.15) is 22.3 Å². The van der Waals surface area contributed by atoms with Gasteiger partial charge < -0.3 is 10.2 Å². The van der Waals surface area contributed by atoms with Gasteiger partial charge in [-0.1, -0.05) is 89.4 Å². The Labute approximate surface area is 199 Å². The van der Waals surface area contributed by atoms with Gasteiger partial charge in [0.05, 0.1) is 6.42 Å². The Morgan fingerprint density at radius 2 is 1.66 bits per heavy atom. The molecule has 4 nitrogen and oxygen atoms in total. The van der Waals surface area contributed by atoms with E-state index in [0.717, 1.165) is 22.3 Å². The van der Waals surface area contributed by atoms with Crippen LogP contribution in [0.5, 0.6) is 0 Å². The van der Waals surface area contributed by atoms with Crippen molar-refractivity contribution in [2.45, 2.75) is 32.4 Å². The van der Waals surface area contributed by atoms with Crippen LogP contribution in [0.3, 0.4) is 0 Å². The van der Waals surface area contributed by atoms with E-state index in [1.807, 2.05) is 61.5 Å². The molecule has 3 rings (SSSR count). The molecule has 3 aromatic carbocycles. The minimum atomic E-state index is -0.688. The third-order valence-electron chi connectivity index (χ3n) is 5.31. The second kappa shape index (κ2) is 11.2. The third kappa shape index (κ3) is 6.35. The van der Waals surface area contributed by atoms with Crippen LogP contribution in [0, 0.1) is 6.92 Å². The summed E-state index contributed by atoms with van der Waals surface area (Å²) in [5.41, 5.74) is 3.68. The largest absolute Gasteiger partial charge is 0.357 e. The van der Waals surface area contributed by atoms with Gasteiger partial charge in [-0.05, 0) is 35.7 Å². The summed E-state index contributed by atoms with van der Waals surface area (Å²) in [7, 11) is 1.58. The van der Waals surface area contributed by atoms with E-state index in [1.165, 1.54) is 0 Å². The summed E-state index contributed by atoms with van der Waals surface area (Å²) in [6.07, 6.45) is 0.584. The highest BCUT2D eigenvalue weighted by Gasteiger charge is 2.30. The molecule has 32 heavy (non-hydrogen) atoms. The van der Waals surface area contributed by atoms with Gasteiger partial charge in [0.25, 0.3) is 0 Å². The first kappa shape index (κ1) is 23.8. The molecule has 0 fully saturated rings. The van der Waals surface area contributed by atoms with E-state index in [4.69, 9.17) is 23.2 Å². The Balaban J connectivity index is 1.97. The molecule has 1 unspecified atom stereocenters. The average molecular weight is 469 g/mol. The van der Waals surface area contributed by atoms with E-state index in [0.29, 0.717) is 16.5 Å². The van der Waals surface area contributed by atoms with Crippen LogP contribution >= 0.6 is 23.2 Å². The number of halogens is 2. The molecule has 0 aliphatic heterocycles. The lowest BCUT2D eigenvalue weighted by Gasteiger charge is -2.31. The lowest BCUT2D eigenvalue weighted by molar-refractivity contribution is -0.140. The normalized spacial score (nSPS) is 11.6. The van der Waals surface area contributed by atoms with Crippen LogP contribution in [-0.2, 0) is 29.0 Å². The predicted octanol–water partition coefficient (Wildman–Crippen LogP) is 5.23. The number of amides is 2. The fourth-order valence-electron chi connectivity index (χ4n) is 3.65. The molecule has 1 N–H and O–H groups in total. The number of benzene rings is 3. The molecule has 3 aromatic rings. The molecule has 166 valence electrons. The van der Waals surface area contributed by atoms with Gasteiger partial charge in [-0.2, -0.15) is 0 Å². The van der Waals surface area contributed by atoms with Crippen LogP contribution in [0.15, 0.2) is 72.8 Å². The van der Waals surface area contributed by atoms with Gasteiger partial charge in [0.1, 0.15) is 6.04 Å². The predicted molar refractivity (Wildman–Crippen MR) is 130 cm³/mol. The van der Waals surface area contributed by atoms with Gasteiger partial charge in [0.2, 0.25) is 11.8 Å². The van der Waals surface area contributed by atoms with Gasteiger partial charge in [-0.3, -0.25) is 9.59 Å². The number of nitrogens with zero attached hydrogens (tertiary/aromatic N) is 1. The molecule has 0 bridgehead atoms. The Morgan fingerprint density at radius 1 is 0.938 bits per heavy atom. The number of likely N-dealkylation sites (N-methyl/N-ethyl adjacent to an activating group) is 1. The lowest BCUT2D eigenvalue weighted by atomic mass is 10.0. The summed E-state index contributed by atoms with van der Waals surface area (Å²) in [5.74, 6) is -0.373. The van der Waals surface area contributed by atoms with Crippen molar-refractivity contribution in [3.05, 3.63) is 105 Å². The van der Waals surface area contributed by atoms with E-state index in [9.17, 15) is 9.59 Å². The number of nitrogens with one attached hydrogen (secondary N) is 1. The quantitative estimate of drug-likeness (QED) is 0.491. The highest BCUT2D eigenvalue weighted by molar-refractivity contribution is 6.35. The van der Waals surface area contributed by atoms with E-state index in [-0.39, 0.29) is 24.8 Å². The van der Waals surface area contributed by atoms with Gasteiger partial charge in [0.15, 0.2) is 0 Å². The highest BCUT2D eigenvalue weighted by Crippen LogP contribution is 2.24. The fraction of sp³-hybridized carbons (Fsp3) is 0.231. The van der Waals surface area contributed by atoms with E-state index >= 15 is 0 Å². The maximum absolute atomic E-state index is 13.5. The first-order valence-electron chi connectivity index (χ1n) is 10.4. The monoisotopic (exact) mass is 468 g/mol. The minimum absolute atomic E-state index is 0.147. The first-order chi connectivity index (χ1) is 15.4. The van der Waals surface area contributed by atoms with Crippen LogP contribution in [0.25, 0.3) is 0 Å². The van der Waals surface area contributed by atoms with Crippen molar-refractivity contribution in [2.24, 2.45) is 0 Å². The van der Waals surface area contributed by atoms with Crippen LogP contribution in [-0.4, -0.2) is 29.8 Å². The third-order valence-corrected chi connectivity index (χ3v) is 5.90. The zero-order valence-corrected chi connectivity index (χ0v) is 19.7. The van der Waals surface area contributed by atoms with Crippen molar-refractivity contribution in [1.29, 1.82) is 0 Å². The molecule has 0 saturated heterocycles. The number of hydrogen-bond acceptors (Lipinski definition) is 2. The standard InChI is InChI=1S/C26H26Cl2N2O2/c1-18-7-6-10-20(13-18)15-25(31)30(17-21-11-12-22(27)16-23(21)28)24(26(32)29-2)14-19-8-4-3-5-9-19/h3-13,16,24H,14-15,17H2,1-2H3,(H,29,32). The molecular weight excluding hydrogens is 443 g/mol. The van der Waals surface area contributed by atoms with Crippen molar-refractivity contribution in [1.82, 2.24) is 10.2 Å². The van der Waals surface area contributed by atoms with E-state index < -0.39 is 6.04 Å². The highest BCUT2D eigenvalue weighted by atomic mass is 35.5. The molecule has 0 spiro atoms. The van der Waals surface area contributed by atoms with E-state index in [2.05, 4.69) is 5.32 Å². The van der Waals surface area contributed by atoms with Crippen LogP contribution < -0.4 is 5.32 Å². The number of hydrogen-bond donors (Lipinski definition) is 1. The number of carbonyl (C=O) groups excluding carboxylic acids is 2. The molecule has 0 radical (unpaired) electrons. The van der Waals surface area contributed by atoms with Gasteiger partial charge in [0, 0.05) is 30.1 Å². The fourth-order valence-corrected chi connectivity index (χ4v) is 4.12. The Hall–Kier alpha value is -2.82. The minimum Gasteiger partial charge on any atom is -0.357 e. The first-order valence-corrected chi connectivity index (χ1v) is 11.2. The summed E-state index contributed by atoms with van der Waals surface area (Å²) in [4.78, 5) is 28.1. The van der Waals surface area contributed by atoms with Gasteiger partial charge in [-0.25, -0.2) is 0 Å². The summed E-state index contributed by atoms with van der Waals surface area (Å²) < 4.78 is 0. The zero-order chi connectivity index (χ0) is 23.1. The van der Waals surface area contributed by atoms with E-state index in [1.54, 1.807) is 30.1 Å². The molecule has 0 aromatic heterocycles. The zero-order valence-electron chi connectivity index (χ0n) is 18.1. The lowest BCUT2D eigenvalue weighted by Crippen LogP contribution is -2.50. The Bertz CT molecular complexity index is 1090. The molecule has 0 aliphatic carbocycles. The number of aryl methyl sites for hydroxylation is 1. The smallest absolute Gasteiger partial charge is 0.242 e. The topological polar surface area (TPSA) is 49.4 Å². The van der Waals surface area contributed by atoms with Crippen LogP contribution in [0.2, 0.25) is 10.0 Å². The SMILES string of the molecule is CNC(=O)C(Cc1ccccc1)N(Cc1ccc(Cl)cc1Cl)C(=O)Cc1cccc(C)c1. The van der Waals surface area contributed by atoms with Crippen LogP contribution in [0.4, 0.5) is 0 Å². The van der Waals surface area contributed by atoms with Gasteiger partial charge in [-0.15, -0.1) is 0 Å². The van der Waals surface area contributed by atoms with Crippen molar-refractivity contribution in [3.63, 3.8) is 0 Å². The molecule has 1 atom stereocenters. The molecule has 0 aliphatic rings. The Kier molecular flexibility index (Phi) is 8.32. The summed E-state index contributed by atoms with van der Waals surface area (Å²) in [6, 6.07) is 22.0. The number of carbonyl (C=O) groups is 2. The molecular formula is C26H26Cl2N2O2. The second-order valence-electron chi connectivity index (χ2n) is 7.74. The Morgan fingerprint density at radius 3 is 2.31 bits per heavy atom. The average Bonchev–Trinajstić information content (AvgIpc) is 2.77. The molecule has 0 saturated carbocycles. The van der Waals surface area contributed by atoms with Crippen molar-refractivity contribution in [2.75, 3.05) is 7.05 Å². The molecule has 6 heteroatoms. The molecule has 0 heterocycles. The summed E-state index contributed by atoms with van der Waals surface area (Å²) >= 11 is 12.5. The number of rotatable bonds is 8. The molecule has 2 amide bonds. The maximum Gasteiger partial charge on any atom is 0.242 e. The summed E-state index contributed by atoms with van der Waals surface area (Å²) in [6.45, 7) is 2.19. The van der Waals surface area contributed by atoms with Gasteiger partial charge >= 0.3 is 0 Å². The van der Waals surface area contributed by atoms with Crippen molar-refractivity contribution >= 4 is 35.0 Å². The summed E-state index contributed by atoms with van der Waals surface area (Å²) in [5, 5.41) is 3.69. The van der Waals surface area contributed by atoms with Crippen molar-refractivity contribution < 1.29 is 9.59 Å². The second-order valence-corrected chi connectivity index (χ2v) is 8.59.